The van der Waals surface area contributed by atoms with Crippen LogP contribution in [0.5, 0.6) is 11.5 Å². The topological polar surface area (TPSA) is 126 Å². The van der Waals surface area contributed by atoms with Crippen LogP contribution >= 0.6 is 0 Å². The van der Waals surface area contributed by atoms with Gasteiger partial charge in [-0.05, 0) is 77.7 Å². The first-order chi connectivity index (χ1) is 27.1. The van der Waals surface area contributed by atoms with Crippen LogP contribution in [0.2, 0.25) is 0 Å². The first kappa shape index (κ1) is 43.1. The number of carbonyl (C=O) groups excluding carboxylic acids is 2. The van der Waals surface area contributed by atoms with Gasteiger partial charge in [-0.25, -0.2) is 9.59 Å². The zero-order valence-electron chi connectivity index (χ0n) is 31.7. The van der Waals surface area contributed by atoms with Gasteiger partial charge in [0.15, 0.2) is 0 Å². The summed E-state index contributed by atoms with van der Waals surface area (Å²) in [6.07, 6.45) is 0. The summed E-state index contributed by atoms with van der Waals surface area (Å²) in [5.41, 5.74) is 4.75. The SMILES string of the molecule is CCOC(=O)c1ccc(-c2ccc(OC(=O)c3ccc(-c4ccc(OCCOCCOCCOCCOCCOCCOCCOC)cc4)cc3)cc2)cc1. The van der Waals surface area contributed by atoms with Gasteiger partial charge in [0.05, 0.1) is 104 Å². The zero-order chi connectivity index (χ0) is 38.8. The van der Waals surface area contributed by atoms with Crippen molar-refractivity contribution in [2.45, 2.75) is 6.92 Å². The monoisotopic (exact) mass is 760 g/mol. The molecule has 0 bridgehead atoms. The molecule has 4 aromatic carbocycles. The van der Waals surface area contributed by atoms with Crippen molar-refractivity contribution in [2.24, 2.45) is 0 Å². The highest BCUT2D eigenvalue weighted by atomic mass is 16.6. The summed E-state index contributed by atoms with van der Waals surface area (Å²) in [5, 5.41) is 0. The molecule has 0 heterocycles. The van der Waals surface area contributed by atoms with E-state index in [-0.39, 0.29) is 5.97 Å². The molecule has 12 heteroatoms. The number of rotatable bonds is 28. The fraction of sp³-hybridized carbons (Fsp3) is 0.395. The lowest BCUT2D eigenvalue weighted by Crippen LogP contribution is -2.15. The highest BCUT2D eigenvalue weighted by molar-refractivity contribution is 5.92. The van der Waals surface area contributed by atoms with Gasteiger partial charge in [-0.1, -0.05) is 48.5 Å². The molecular weight excluding hydrogens is 708 g/mol. The van der Waals surface area contributed by atoms with E-state index in [4.69, 9.17) is 47.4 Å². The van der Waals surface area contributed by atoms with Crippen LogP contribution in [0.3, 0.4) is 0 Å². The summed E-state index contributed by atoms with van der Waals surface area (Å²) < 4.78 is 54.1. The Morgan fingerprint density at radius 3 is 1.11 bits per heavy atom. The van der Waals surface area contributed by atoms with Gasteiger partial charge in [0.2, 0.25) is 0 Å². The first-order valence-electron chi connectivity index (χ1n) is 18.5. The second kappa shape index (κ2) is 26.2. The molecule has 55 heavy (non-hydrogen) atoms. The molecule has 0 fully saturated rings. The Morgan fingerprint density at radius 1 is 0.400 bits per heavy atom. The van der Waals surface area contributed by atoms with Crippen molar-refractivity contribution < 1.29 is 57.0 Å². The molecule has 0 aliphatic heterocycles. The Kier molecular flexibility index (Phi) is 20.5. The minimum Gasteiger partial charge on any atom is -0.491 e. The molecule has 0 aromatic heterocycles. The van der Waals surface area contributed by atoms with Gasteiger partial charge in [0.1, 0.15) is 18.1 Å². The second-order valence-corrected chi connectivity index (χ2v) is 11.8. The lowest BCUT2D eigenvalue weighted by Gasteiger charge is -2.10. The molecule has 0 spiro atoms. The molecule has 0 amide bonds. The Morgan fingerprint density at radius 2 is 0.727 bits per heavy atom. The zero-order valence-corrected chi connectivity index (χ0v) is 31.7. The molecule has 12 nitrogen and oxygen atoms in total. The van der Waals surface area contributed by atoms with Gasteiger partial charge in [-0.3, -0.25) is 0 Å². The smallest absolute Gasteiger partial charge is 0.343 e. The molecule has 4 aromatic rings. The number of ether oxygens (including phenoxy) is 10. The fourth-order valence-corrected chi connectivity index (χ4v) is 5.00. The van der Waals surface area contributed by atoms with E-state index in [1.165, 1.54) is 0 Å². The predicted octanol–water partition coefficient (Wildman–Crippen LogP) is 6.54. The quantitative estimate of drug-likeness (QED) is 0.0355. The molecule has 296 valence electrons. The maximum Gasteiger partial charge on any atom is 0.343 e. The summed E-state index contributed by atoms with van der Waals surface area (Å²) in [5.74, 6) is 0.374. The normalized spacial score (nSPS) is 11.0. The Bertz CT molecular complexity index is 1620. The van der Waals surface area contributed by atoms with E-state index in [0.717, 1.165) is 28.0 Å². The van der Waals surface area contributed by atoms with Crippen molar-refractivity contribution >= 4 is 11.9 Å². The Balaban J connectivity index is 1.02. The second-order valence-electron chi connectivity index (χ2n) is 11.8. The van der Waals surface area contributed by atoms with Crippen LogP contribution in [0, 0.1) is 0 Å². The van der Waals surface area contributed by atoms with E-state index in [1.807, 2.05) is 60.7 Å². The van der Waals surface area contributed by atoms with E-state index >= 15 is 0 Å². The third-order valence-electron chi connectivity index (χ3n) is 7.89. The van der Waals surface area contributed by atoms with Gasteiger partial charge in [0, 0.05) is 7.11 Å². The van der Waals surface area contributed by atoms with Crippen molar-refractivity contribution in [3.05, 3.63) is 108 Å². The van der Waals surface area contributed by atoms with Gasteiger partial charge in [0.25, 0.3) is 0 Å². The molecule has 0 saturated carbocycles. The van der Waals surface area contributed by atoms with E-state index < -0.39 is 5.97 Å². The number of methoxy groups -OCH3 is 1. The summed E-state index contributed by atoms with van der Waals surface area (Å²) in [6.45, 7) is 9.15. The number of esters is 2. The third-order valence-corrected chi connectivity index (χ3v) is 7.89. The minimum atomic E-state index is -0.447. The van der Waals surface area contributed by atoms with Crippen LogP contribution in [-0.2, 0) is 37.9 Å². The van der Waals surface area contributed by atoms with E-state index in [1.54, 1.807) is 50.4 Å². The maximum atomic E-state index is 12.8. The van der Waals surface area contributed by atoms with Gasteiger partial charge in [-0.15, -0.1) is 0 Å². The average Bonchev–Trinajstić information content (AvgIpc) is 3.22. The molecule has 0 aliphatic rings. The number of benzene rings is 4. The minimum absolute atomic E-state index is 0.328. The molecule has 0 N–H and O–H groups in total. The molecule has 0 radical (unpaired) electrons. The van der Waals surface area contributed by atoms with Crippen molar-refractivity contribution in [1.29, 1.82) is 0 Å². The average molecular weight is 761 g/mol. The predicted molar refractivity (Wildman–Crippen MR) is 207 cm³/mol. The maximum absolute atomic E-state index is 12.8. The lowest BCUT2D eigenvalue weighted by molar-refractivity contribution is -0.0199. The van der Waals surface area contributed by atoms with Crippen molar-refractivity contribution in [2.75, 3.05) is 106 Å². The standard InChI is InChI=1S/C43H52O12/c1-3-53-42(44)38-8-4-34(5-9-38)37-14-18-41(19-15-37)55-43(45)39-10-6-35(7-11-39)36-12-16-40(17-13-36)54-33-32-52-31-30-51-29-28-50-27-26-49-25-24-48-23-22-47-21-20-46-2/h4-19H,3,20-33H2,1-2H3. The lowest BCUT2D eigenvalue weighted by atomic mass is 10.0. The molecule has 0 unspecified atom stereocenters. The van der Waals surface area contributed by atoms with E-state index in [9.17, 15) is 9.59 Å². The van der Waals surface area contributed by atoms with Crippen molar-refractivity contribution in [1.82, 2.24) is 0 Å². The van der Waals surface area contributed by atoms with Crippen molar-refractivity contribution in [3.8, 4) is 33.8 Å². The number of carbonyl (C=O) groups is 2. The van der Waals surface area contributed by atoms with Crippen molar-refractivity contribution in [3.63, 3.8) is 0 Å². The molecular formula is C43H52O12. The van der Waals surface area contributed by atoms with Crippen LogP contribution in [0.4, 0.5) is 0 Å². The first-order valence-corrected chi connectivity index (χ1v) is 18.5. The molecule has 0 atom stereocenters. The Labute approximate surface area is 323 Å². The van der Waals surface area contributed by atoms with E-state index in [2.05, 4.69) is 0 Å². The fourth-order valence-electron chi connectivity index (χ4n) is 5.00. The summed E-state index contributed by atoms with van der Waals surface area (Å²) in [4.78, 5) is 24.7. The highest BCUT2D eigenvalue weighted by Gasteiger charge is 2.11. The summed E-state index contributed by atoms with van der Waals surface area (Å²) >= 11 is 0. The van der Waals surface area contributed by atoms with E-state index in [0.29, 0.717) is 116 Å². The highest BCUT2D eigenvalue weighted by Crippen LogP contribution is 2.25. The van der Waals surface area contributed by atoms with Crippen LogP contribution < -0.4 is 9.47 Å². The molecule has 4 rings (SSSR count). The van der Waals surface area contributed by atoms with Crippen LogP contribution in [-0.4, -0.2) is 118 Å². The van der Waals surface area contributed by atoms with Gasteiger partial charge < -0.3 is 47.4 Å². The Hall–Kier alpha value is -4.66. The van der Waals surface area contributed by atoms with Crippen LogP contribution in [0.25, 0.3) is 22.3 Å². The van der Waals surface area contributed by atoms with Crippen LogP contribution in [0.15, 0.2) is 97.1 Å². The van der Waals surface area contributed by atoms with Gasteiger partial charge >= 0.3 is 11.9 Å². The molecule has 0 aliphatic carbocycles. The third kappa shape index (κ3) is 16.7. The van der Waals surface area contributed by atoms with Gasteiger partial charge in [-0.2, -0.15) is 0 Å². The largest absolute Gasteiger partial charge is 0.491 e. The number of hydrogen-bond acceptors (Lipinski definition) is 12. The molecule has 0 saturated heterocycles. The number of hydrogen-bond donors (Lipinski definition) is 0. The van der Waals surface area contributed by atoms with Crippen LogP contribution in [0.1, 0.15) is 27.6 Å². The summed E-state index contributed by atoms with van der Waals surface area (Å²) in [7, 11) is 1.64. The summed E-state index contributed by atoms with van der Waals surface area (Å²) in [6, 6.07) is 29.4.